The summed E-state index contributed by atoms with van der Waals surface area (Å²) in [6, 6.07) is 0. The molecule has 0 bridgehead atoms. The fraction of sp³-hybridized carbons (Fsp3) is 0.750. The normalized spacial score (nSPS) is 7.92. The zero-order valence-corrected chi connectivity index (χ0v) is 7.79. The van der Waals surface area contributed by atoms with Gasteiger partial charge in [-0.2, -0.15) is 0 Å². The van der Waals surface area contributed by atoms with Crippen LogP contribution in [0.5, 0.6) is 0 Å². The molecule has 0 aromatic rings. The summed E-state index contributed by atoms with van der Waals surface area (Å²) in [6.07, 6.45) is 1.39. The van der Waals surface area contributed by atoms with Gasteiger partial charge in [-0.25, -0.2) is 0 Å². The largest absolute Gasteiger partial charge is 0.481 e. The zero-order chi connectivity index (χ0) is 9.98. The van der Waals surface area contributed by atoms with Gasteiger partial charge < -0.3 is 9.84 Å². The van der Waals surface area contributed by atoms with Gasteiger partial charge in [0.1, 0.15) is 0 Å². The molecule has 0 amide bonds. The summed E-state index contributed by atoms with van der Waals surface area (Å²) < 4.78 is 4.70. The predicted molar refractivity (Wildman–Crippen MR) is 44.9 cm³/mol. The summed E-state index contributed by atoms with van der Waals surface area (Å²) in [5.41, 5.74) is 0. The van der Waals surface area contributed by atoms with Crippen molar-refractivity contribution in [3.63, 3.8) is 0 Å². The number of esters is 1. The van der Waals surface area contributed by atoms with E-state index in [4.69, 9.17) is 14.6 Å². The first-order valence-corrected chi connectivity index (χ1v) is 3.89. The van der Waals surface area contributed by atoms with Crippen LogP contribution in [0.2, 0.25) is 0 Å². The van der Waals surface area contributed by atoms with Gasteiger partial charge in [-0.05, 0) is 6.42 Å². The van der Waals surface area contributed by atoms with Gasteiger partial charge in [0.05, 0.1) is 6.61 Å². The molecular weight excluding hydrogens is 160 g/mol. The van der Waals surface area contributed by atoms with Crippen LogP contribution in [0.3, 0.4) is 0 Å². The summed E-state index contributed by atoms with van der Waals surface area (Å²) in [5, 5.41) is 7.42. The average Bonchev–Trinajstić information content (AvgIpc) is 1.99. The predicted octanol–water partition coefficient (Wildman–Crippen LogP) is 1.44. The number of hydrogen-bond donors (Lipinski definition) is 1. The van der Waals surface area contributed by atoms with E-state index >= 15 is 0 Å². The van der Waals surface area contributed by atoms with E-state index in [0.29, 0.717) is 13.0 Å². The van der Waals surface area contributed by atoms with Crippen molar-refractivity contribution in [2.24, 2.45) is 0 Å². The van der Waals surface area contributed by atoms with Crippen molar-refractivity contribution in [3.8, 4) is 0 Å². The number of carbonyl (C=O) groups excluding carboxylic acids is 1. The highest BCUT2D eigenvalue weighted by Crippen LogP contribution is 1.85. The summed E-state index contributed by atoms with van der Waals surface area (Å²) >= 11 is 0. The van der Waals surface area contributed by atoms with Crippen molar-refractivity contribution in [1.82, 2.24) is 0 Å². The lowest BCUT2D eigenvalue weighted by molar-refractivity contribution is -0.143. The van der Waals surface area contributed by atoms with Gasteiger partial charge in [0, 0.05) is 13.3 Å². The van der Waals surface area contributed by atoms with Gasteiger partial charge in [-0.15, -0.1) is 0 Å². The van der Waals surface area contributed by atoms with Crippen molar-refractivity contribution < 1.29 is 19.4 Å². The van der Waals surface area contributed by atoms with Gasteiger partial charge in [-0.1, -0.05) is 13.8 Å². The SMILES string of the molecule is CC(=O)O.CCCOC(=O)CC. The second kappa shape index (κ2) is 9.94. The third-order valence-electron chi connectivity index (χ3n) is 0.756. The van der Waals surface area contributed by atoms with E-state index in [1.807, 2.05) is 6.92 Å². The molecular formula is C8H16O4. The Morgan fingerprint density at radius 2 is 1.75 bits per heavy atom. The summed E-state index contributed by atoms with van der Waals surface area (Å²) in [7, 11) is 0. The molecule has 0 aliphatic heterocycles. The number of hydrogen-bond acceptors (Lipinski definition) is 3. The van der Waals surface area contributed by atoms with Crippen molar-refractivity contribution in [1.29, 1.82) is 0 Å². The van der Waals surface area contributed by atoms with Crippen LogP contribution in [0.4, 0.5) is 0 Å². The fourth-order valence-corrected chi connectivity index (χ4v) is 0.318. The molecule has 0 aromatic heterocycles. The second-order valence-corrected chi connectivity index (χ2v) is 2.09. The van der Waals surface area contributed by atoms with Crippen LogP contribution in [0.25, 0.3) is 0 Å². The van der Waals surface area contributed by atoms with Gasteiger partial charge >= 0.3 is 5.97 Å². The molecule has 0 rings (SSSR count). The van der Waals surface area contributed by atoms with Crippen molar-refractivity contribution >= 4 is 11.9 Å². The molecule has 72 valence electrons. The first-order chi connectivity index (χ1) is 5.54. The standard InChI is InChI=1S/C6H12O2.C2H4O2/c1-3-5-8-6(7)4-2;1-2(3)4/h3-5H2,1-2H3;1H3,(H,3,4). The molecule has 12 heavy (non-hydrogen) atoms. The van der Waals surface area contributed by atoms with E-state index in [1.54, 1.807) is 6.92 Å². The zero-order valence-electron chi connectivity index (χ0n) is 7.79. The summed E-state index contributed by atoms with van der Waals surface area (Å²) in [4.78, 5) is 19.3. The van der Waals surface area contributed by atoms with Crippen LogP contribution in [-0.2, 0) is 14.3 Å². The van der Waals surface area contributed by atoms with E-state index in [0.717, 1.165) is 13.3 Å². The van der Waals surface area contributed by atoms with Crippen LogP contribution >= 0.6 is 0 Å². The first kappa shape index (κ1) is 13.5. The molecule has 0 fully saturated rings. The van der Waals surface area contributed by atoms with Gasteiger partial charge in [0.25, 0.3) is 5.97 Å². The van der Waals surface area contributed by atoms with E-state index in [-0.39, 0.29) is 5.97 Å². The lowest BCUT2D eigenvalue weighted by Crippen LogP contribution is -2.02. The van der Waals surface area contributed by atoms with Crippen LogP contribution in [0.15, 0.2) is 0 Å². The maximum atomic E-state index is 10.3. The van der Waals surface area contributed by atoms with E-state index in [2.05, 4.69) is 0 Å². The van der Waals surface area contributed by atoms with E-state index in [9.17, 15) is 4.79 Å². The third kappa shape index (κ3) is 23.1. The lowest BCUT2D eigenvalue weighted by atomic mass is 10.5. The quantitative estimate of drug-likeness (QED) is 0.661. The Bertz CT molecular complexity index is 127. The van der Waals surface area contributed by atoms with Gasteiger partial charge in [0.2, 0.25) is 0 Å². The molecule has 0 aliphatic carbocycles. The van der Waals surface area contributed by atoms with Gasteiger partial charge in [-0.3, -0.25) is 9.59 Å². The molecule has 0 unspecified atom stereocenters. The Hall–Kier alpha value is -1.06. The Labute approximate surface area is 72.5 Å². The van der Waals surface area contributed by atoms with Gasteiger partial charge in [0.15, 0.2) is 0 Å². The average molecular weight is 176 g/mol. The van der Waals surface area contributed by atoms with Crippen molar-refractivity contribution in [2.75, 3.05) is 6.61 Å². The lowest BCUT2D eigenvalue weighted by Gasteiger charge is -1.97. The molecule has 0 atom stereocenters. The number of carboxylic acids is 1. The van der Waals surface area contributed by atoms with E-state index in [1.165, 1.54) is 0 Å². The highest BCUT2D eigenvalue weighted by Gasteiger charge is 1.93. The Morgan fingerprint density at radius 3 is 2.00 bits per heavy atom. The molecule has 0 radical (unpaired) electrons. The molecule has 0 saturated carbocycles. The number of carboxylic acid groups (broad SMARTS) is 1. The van der Waals surface area contributed by atoms with Crippen LogP contribution in [0, 0.1) is 0 Å². The molecule has 4 heteroatoms. The molecule has 0 saturated heterocycles. The second-order valence-electron chi connectivity index (χ2n) is 2.09. The number of ether oxygens (including phenoxy) is 1. The first-order valence-electron chi connectivity index (χ1n) is 3.89. The van der Waals surface area contributed by atoms with Crippen LogP contribution in [-0.4, -0.2) is 23.7 Å². The Kier molecular flexibility index (Phi) is 11.2. The van der Waals surface area contributed by atoms with Crippen molar-refractivity contribution in [3.05, 3.63) is 0 Å². The monoisotopic (exact) mass is 176 g/mol. The van der Waals surface area contributed by atoms with Crippen LogP contribution in [0.1, 0.15) is 33.6 Å². The molecule has 0 heterocycles. The summed E-state index contributed by atoms with van der Waals surface area (Å²) in [6.45, 7) is 5.41. The maximum Gasteiger partial charge on any atom is 0.305 e. The molecule has 1 N–H and O–H groups in total. The smallest absolute Gasteiger partial charge is 0.305 e. The number of aliphatic carboxylic acids is 1. The number of rotatable bonds is 3. The molecule has 0 aromatic carbocycles. The fourth-order valence-electron chi connectivity index (χ4n) is 0.318. The Balaban J connectivity index is 0. The minimum atomic E-state index is -0.833. The highest BCUT2D eigenvalue weighted by molar-refractivity contribution is 5.68. The maximum absolute atomic E-state index is 10.3. The van der Waals surface area contributed by atoms with Crippen LogP contribution < -0.4 is 0 Å². The van der Waals surface area contributed by atoms with Crippen molar-refractivity contribution in [2.45, 2.75) is 33.6 Å². The molecule has 0 aliphatic rings. The third-order valence-corrected chi connectivity index (χ3v) is 0.756. The molecule has 4 nitrogen and oxygen atoms in total. The minimum Gasteiger partial charge on any atom is -0.481 e. The van der Waals surface area contributed by atoms with E-state index < -0.39 is 5.97 Å². The minimum absolute atomic E-state index is 0.105. The number of carbonyl (C=O) groups is 2. The Morgan fingerprint density at radius 1 is 1.33 bits per heavy atom. The topological polar surface area (TPSA) is 63.6 Å². The molecule has 0 spiro atoms. The summed E-state index contributed by atoms with van der Waals surface area (Å²) in [5.74, 6) is -0.938. The highest BCUT2D eigenvalue weighted by atomic mass is 16.5.